The fourth-order valence-corrected chi connectivity index (χ4v) is 2.25. The number of hydrogen-bond acceptors (Lipinski definition) is 4. The molecule has 1 aromatic carbocycles. The molecule has 0 bridgehead atoms. The van der Waals surface area contributed by atoms with E-state index in [9.17, 15) is 0 Å². The molecular formula is C14H19N3S. The number of thioether (sulfide) groups is 1. The molecule has 0 aliphatic rings. The van der Waals surface area contributed by atoms with E-state index in [0.29, 0.717) is 5.25 Å². The maximum Gasteiger partial charge on any atom is 0.0422 e. The van der Waals surface area contributed by atoms with E-state index in [2.05, 4.69) is 23.5 Å². The van der Waals surface area contributed by atoms with Crippen molar-refractivity contribution in [2.75, 3.05) is 23.9 Å². The molecule has 1 aromatic heterocycles. The molecule has 4 heteroatoms. The zero-order chi connectivity index (χ0) is 13.0. The molecule has 3 nitrogen and oxygen atoms in total. The summed E-state index contributed by atoms with van der Waals surface area (Å²) in [5.41, 5.74) is 7.87. The lowest BCUT2D eigenvalue weighted by Gasteiger charge is -2.13. The predicted octanol–water partition coefficient (Wildman–Crippen LogP) is 3.37. The maximum absolute atomic E-state index is 5.95. The van der Waals surface area contributed by atoms with E-state index >= 15 is 0 Å². The van der Waals surface area contributed by atoms with Gasteiger partial charge >= 0.3 is 0 Å². The number of anilines is 2. The van der Waals surface area contributed by atoms with Gasteiger partial charge in [0, 0.05) is 46.3 Å². The zero-order valence-electron chi connectivity index (χ0n) is 10.8. The van der Waals surface area contributed by atoms with Gasteiger partial charge in [-0.2, -0.15) is 11.8 Å². The third kappa shape index (κ3) is 2.88. The average Bonchev–Trinajstić information content (AvgIpc) is 2.41. The monoisotopic (exact) mass is 261 g/mol. The van der Waals surface area contributed by atoms with Crippen molar-refractivity contribution in [3.63, 3.8) is 0 Å². The summed E-state index contributed by atoms with van der Waals surface area (Å²) in [5.74, 6) is 0. The van der Waals surface area contributed by atoms with Crippen LogP contribution in [0.25, 0.3) is 10.8 Å². The summed E-state index contributed by atoms with van der Waals surface area (Å²) in [6, 6.07) is 5.98. The summed E-state index contributed by atoms with van der Waals surface area (Å²) in [6.07, 6.45) is 6.92. The Morgan fingerprint density at radius 1 is 1.33 bits per heavy atom. The Hall–Kier alpha value is -1.42. The first-order valence-electron chi connectivity index (χ1n) is 6.11. The van der Waals surface area contributed by atoms with Crippen molar-refractivity contribution in [1.29, 1.82) is 0 Å². The Bertz CT molecular complexity index is 527. The van der Waals surface area contributed by atoms with Gasteiger partial charge in [0.05, 0.1) is 0 Å². The number of nitrogens with two attached hydrogens (primary N) is 1. The molecule has 2 aromatic rings. The van der Waals surface area contributed by atoms with Gasteiger partial charge in [0.2, 0.25) is 0 Å². The second kappa shape index (κ2) is 5.96. The number of nitrogens with zero attached hydrogens (tertiary/aromatic N) is 1. The van der Waals surface area contributed by atoms with Crippen molar-refractivity contribution in [2.45, 2.75) is 18.6 Å². The summed E-state index contributed by atoms with van der Waals surface area (Å²) in [5, 5.41) is 6.32. The van der Waals surface area contributed by atoms with Crippen LogP contribution in [0.1, 0.15) is 13.3 Å². The van der Waals surface area contributed by atoms with Gasteiger partial charge in [0.15, 0.2) is 0 Å². The Morgan fingerprint density at radius 3 is 2.94 bits per heavy atom. The van der Waals surface area contributed by atoms with Crippen LogP contribution in [-0.2, 0) is 0 Å². The van der Waals surface area contributed by atoms with Crippen molar-refractivity contribution >= 4 is 33.9 Å². The highest BCUT2D eigenvalue weighted by atomic mass is 32.2. The van der Waals surface area contributed by atoms with Crippen LogP contribution in [-0.4, -0.2) is 23.0 Å². The molecule has 0 saturated heterocycles. The summed E-state index contributed by atoms with van der Waals surface area (Å²) < 4.78 is 0. The van der Waals surface area contributed by atoms with Crippen molar-refractivity contribution in [3.8, 4) is 0 Å². The van der Waals surface area contributed by atoms with Crippen LogP contribution in [0.15, 0.2) is 30.6 Å². The molecule has 1 unspecified atom stereocenters. The van der Waals surface area contributed by atoms with E-state index in [1.54, 1.807) is 6.20 Å². The minimum Gasteiger partial charge on any atom is -0.398 e. The van der Waals surface area contributed by atoms with Crippen LogP contribution in [0.3, 0.4) is 0 Å². The highest BCUT2D eigenvalue weighted by Gasteiger charge is 2.04. The quantitative estimate of drug-likeness (QED) is 0.810. The number of rotatable bonds is 5. The molecule has 0 aliphatic carbocycles. The van der Waals surface area contributed by atoms with Gasteiger partial charge in [-0.15, -0.1) is 0 Å². The molecule has 18 heavy (non-hydrogen) atoms. The van der Waals surface area contributed by atoms with Crippen LogP contribution in [0.4, 0.5) is 11.4 Å². The molecular weight excluding hydrogens is 242 g/mol. The standard InChI is InChI=1S/C14H19N3S/c1-10(18-2)5-8-17-14-4-3-13(15)12-9-16-7-6-11(12)14/h3-4,6-7,9-10,17H,5,8,15H2,1-2H3. The average molecular weight is 261 g/mol. The lowest BCUT2D eigenvalue weighted by atomic mass is 10.1. The van der Waals surface area contributed by atoms with Gasteiger partial charge in [-0.25, -0.2) is 0 Å². The smallest absolute Gasteiger partial charge is 0.0422 e. The van der Waals surface area contributed by atoms with E-state index in [0.717, 1.165) is 35.1 Å². The number of pyridine rings is 1. The van der Waals surface area contributed by atoms with Gasteiger partial charge < -0.3 is 11.1 Å². The number of fused-ring (bicyclic) bond motifs is 1. The van der Waals surface area contributed by atoms with Crippen LogP contribution in [0, 0.1) is 0 Å². The van der Waals surface area contributed by atoms with E-state index in [1.807, 2.05) is 36.2 Å². The van der Waals surface area contributed by atoms with Crippen molar-refractivity contribution < 1.29 is 0 Å². The second-order valence-electron chi connectivity index (χ2n) is 4.39. The summed E-state index contributed by atoms with van der Waals surface area (Å²) in [6.45, 7) is 3.22. The Kier molecular flexibility index (Phi) is 4.31. The zero-order valence-corrected chi connectivity index (χ0v) is 11.6. The first kappa shape index (κ1) is 13.0. The number of nitrogens with one attached hydrogen (secondary N) is 1. The molecule has 2 rings (SSSR count). The molecule has 0 aliphatic heterocycles. The Balaban J connectivity index is 2.16. The summed E-state index contributed by atoms with van der Waals surface area (Å²) >= 11 is 1.90. The van der Waals surface area contributed by atoms with E-state index in [4.69, 9.17) is 5.73 Å². The molecule has 96 valence electrons. The molecule has 1 atom stereocenters. The largest absolute Gasteiger partial charge is 0.398 e. The second-order valence-corrected chi connectivity index (χ2v) is 5.66. The van der Waals surface area contributed by atoms with E-state index in [-0.39, 0.29) is 0 Å². The van der Waals surface area contributed by atoms with Gasteiger partial charge in [-0.05, 0) is 30.9 Å². The van der Waals surface area contributed by atoms with Crippen molar-refractivity contribution in [1.82, 2.24) is 4.98 Å². The lowest BCUT2D eigenvalue weighted by Crippen LogP contribution is -2.08. The van der Waals surface area contributed by atoms with Crippen LogP contribution in [0.2, 0.25) is 0 Å². The number of aromatic nitrogens is 1. The van der Waals surface area contributed by atoms with Gasteiger partial charge in [-0.3, -0.25) is 4.98 Å². The van der Waals surface area contributed by atoms with Crippen molar-refractivity contribution in [2.24, 2.45) is 0 Å². The molecule has 0 amide bonds. The van der Waals surface area contributed by atoms with Gasteiger partial charge in [-0.1, -0.05) is 6.92 Å². The summed E-state index contributed by atoms with van der Waals surface area (Å²) in [4.78, 5) is 4.13. The number of hydrogen-bond donors (Lipinski definition) is 2. The number of benzene rings is 1. The molecule has 0 saturated carbocycles. The highest BCUT2D eigenvalue weighted by Crippen LogP contribution is 2.27. The lowest BCUT2D eigenvalue weighted by molar-refractivity contribution is 0.854. The molecule has 0 fully saturated rings. The minimum absolute atomic E-state index is 0.680. The van der Waals surface area contributed by atoms with Crippen LogP contribution < -0.4 is 11.1 Å². The number of nitrogen functional groups attached to an aromatic ring is 1. The van der Waals surface area contributed by atoms with Crippen molar-refractivity contribution in [3.05, 3.63) is 30.6 Å². The third-order valence-corrected chi connectivity index (χ3v) is 4.16. The van der Waals surface area contributed by atoms with E-state index in [1.165, 1.54) is 0 Å². The third-order valence-electron chi connectivity index (χ3n) is 3.12. The normalized spacial score (nSPS) is 12.6. The minimum atomic E-state index is 0.680. The highest BCUT2D eigenvalue weighted by molar-refractivity contribution is 7.99. The molecule has 0 radical (unpaired) electrons. The first-order chi connectivity index (χ1) is 8.72. The summed E-state index contributed by atoms with van der Waals surface area (Å²) in [7, 11) is 0. The van der Waals surface area contributed by atoms with Crippen LogP contribution >= 0.6 is 11.8 Å². The molecule has 1 heterocycles. The SMILES string of the molecule is CSC(C)CCNc1ccc(N)c2cnccc12. The van der Waals surface area contributed by atoms with Gasteiger partial charge in [0.1, 0.15) is 0 Å². The molecule has 3 N–H and O–H groups in total. The fraction of sp³-hybridized carbons (Fsp3) is 0.357. The molecule has 0 spiro atoms. The maximum atomic E-state index is 5.95. The topological polar surface area (TPSA) is 50.9 Å². The Morgan fingerprint density at radius 2 is 2.17 bits per heavy atom. The van der Waals surface area contributed by atoms with Gasteiger partial charge in [0.25, 0.3) is 0 Å². The fourth-order valence-electron chi connectivity index (χ4n) is 1.89. The van der Waals surface area contributed by atoms with E-state index < -0.39 is 0 Å². The Labute approximate surface area is 112 Å². The van der Waals surface area contributed by atoms with Crippen LogP contribution in [0.5, 0.6) is 0 Å². The predicted molar refractivity (Wildman–Crippen MR) is 82.2 cm³/mol. The first-order valence-corrected chi connectivity index (χ1v) is 7.40.